The molecule has 0 saturated heterocycles. The Bertz CT molecular complexity index is 1330. The molecular formula is C63H108O6. The number of unbranched alkanes of at least 4 members (excludes halogenated alkanes) is 27. The van der Waals surface area contributed by atoms with Gasteiger partial charge in [-0.05, 0) is 116 Å². The van der Waals surface area contributed by atoms with E-state index in [-0.39, 0.29) is 37.5 Å². The second kappa shape index (κ2) is 57.2. The Morgan fingerprint density at radius 2 is 0.536 bits per heavy atom. The smallest absolute Gasteiger partial charge is 0.306 e. The van der Waals surface area contributed by atoms with Gasteiger partial charge in [-0.3, -0.25) is 14.4 Å². The van der Waals surface area contributed by atoms with Crippen molar-refractivity contribution in [3.05, 3.63) is 85.1 Å². The predicted octanol–water partition coefficient (Wildman–Crippen LogP) is 19.5. The molecule has 69 heavy (non-hydrogen) atoms. The lowest BCUT2D eigenvalue weighted by molar-refractivity contribution is -0.167. The van der Waals surface area contributed by atoms with Gasteiger partial charge in [0.15, 0.2) is 6.10 Å². The molecule has 0 aromatic heterocycles. The van der Waals surface area contributed by atoms with Crippen LogP contribution in [0.15, 0.2) is 85.1 Å². The summed E-state index contributed by atoms with van der Waals surface area (Å²) >= 11 is 0. The maximum absolute atomic E-state index is 12.9. The van der Waals surface area contributed by atoms with Gasteiger partial charge >= 0.3 is 17.9 Å². The second-order valence-corrected chi connectivity index (χ2v) is 19.2. The largest absolute Gasteiger partial charge is 0.462 e. The number of esters is 3. The lowest BCUT2D eigenvalue weighted by atomic mass is 10.1. The minimum absolute atomic E-state index is 0.0988. The van der Waals surface area contributed by atoms with Crippen LogP contribution in [0.25, 0.3) is 0 Å². The van der Waals surface area contributed by atoms with Gasteiger partial charge in [0.1, 0.15) is 13.2 Å². The Hall–Kier alpha value is -3.41. The lowest BCUT2D eigenvalue weighted by Crippen LogP contribution is -2.30. The number of rotatable bonds is 52. The van der Waals surface area contributed by atoms with Crippen molar-refractivity contribution in [3.63, 3.8) is 0 Å². The van der Waals surface area contributed by atoms with Crippen LogP contribution >= 0.6 is 0 Å². The quantitative estimate of drug-likeness (QED) is 0.0262. The van der Waals surface area contributed by atoms with E-state index in [0.717, 1.165) is 77.0 Å². The molecular weight excluding hydrogens is 853 g/mol. The zero-order valence-electron chi connectivity index (χ0n) is 45.3. The molecule has 0 saturated carbocycles. The number of ether oxygens (including phenoxy) is 3. The van der Waals surface area contributed by atoms with Crippen molar-refractivity contribution in [1.82, 2.24) is 0 Å². The van der Waals surface area contributed by atoms with Crippen LogP contribution < -0.4 is 0 Å². The molecule has 6 heteroatoms. The van der Waals surface area contributed by atoms with Crippen LogP contribution in [0.5, 0.6) is 0 Å². The summed E-state index contributed by atoms with van der Waals surface area (Å²) in [6, 6.07) is 0. The van der Waals surface area contributed by atoms with Crippen LogP contribution in [0.1, 0.15) is 278 Å². The maximum atomic E-state index is 12.9. The van der Waals surface area contributed by atoms with Gasteiger partial charge in [0.05, 0.1) is 0 Å². The summed E-state index contributed by atoms with van der Waals surface area (Å²) in [4.78, 5) is 38.2. The van der Waals surface area contributed by atoms with E-state index in [1.807, 2.05) is 0 Å². The van der Waals surface area contributed by atoms with Crippen LogP contribution in [-0.4, -0.2) is 37.2 Å². The molecule has 0 aliphatic carbocycles. The first-order valence-electron chi connectivity index (χ1n) is 29.1. The Balaban J connectivity index is 4.48. The molecule has 0 aliphatic rings. The van der Waals surface area contributed by atoms with Crippen molar-refractivity contribution in [2.75, 3.05) is 13.2 Å². The van der Waals surface area contributed by atoms with Gasteiger partial charge in [-0.2, -0.15) is 0 Å². The molecule has 0 rings (SSSR count). The van der Waals surface area contributed by atoms with Crippen LogP contribution in [-0.2, 0) is 28.6 Å². The molecule has 0 aromatic carbocycles. The molecule has 1 atom stereocenters. The van der Waals surface area contributed by atoms with E-state index < -0.39 is 6.10 Å². The summed E-state index contributed by atoms with van der Waals surface area (Å²) in [6.07, 6.45) is 74.3. The molecule has 0 radical (unpaired) electrons. The molecule has 0 spiro atoms. The minimum atomic E-state index is -0.805. The Morgan fingerprint density at radius 3 is 0.913 bits per heavy atom. The Labute approximate surface area is 426 Å². The van der Waals surface area contributed by atoms with E-state index in [1.54, 1.807) is 0 Å². The highest BCUT2D eigenvalue weighted by atomic mass is 16.6. The standard InChI is InChI=1S/C63H108O6/c1-4-7-10-13-16-19-22-25-28-31-34-37-40-43-46-49-52-55-61(64)67-58-60(69-63(66)57-54-51-48-45-42-39-36-33-30-27-24-21-18-15-12-9-6-3)59-68-62(65)56-53-50-47-44-41-38-35-32-29-26-23-20-17-14-11-8-5-2/h16,18-19,21,25-30,34,37,43,46,60H,4-15,17,20,22-24,31-33,35-36,38-42,44-45,47-59H2,1-3H3/b19-16+,21-18+,28-25+,29-26+,30-27+,37-34+,46-43+/t60-/m0/s1. The summed E-state index contributed by atoms with van der Waals surface area (Å²) in [7, 11) is 0. The fraction of sp³-hybridized carbons (Fsp3) is 0.730. The zero-order chi connectivity index (χ0) is 50.0. The highest BCUT2D eigenvalue weighted by Crippen LogP contribution is 2.14. The van der Waals surface area contributed by atoms with Gasteiger partial charge in [0.2, 0.25) is 0 Å². The van der Waals surface area contributed by atoms with Crippen LogP contribution in [0, 0.1) is 0 Å². The number of carbonyl (C=O) groups excluding carboxylic acids is 3. The fourth-order valence-electron chi connectivity index (χ4n) is 7.93. The van der Waals surface area contributed by atoms with E-state index in [0.29, 0.717) is 19.3 Å². The molecule has 0 aliphatic heterocycles. The summed E-state index contributed by atoms with van der Waals surface area (Å²) in [5.41, 5.74) is 0. The first-order valence-corrected chi connectivity index (χ1v) is 29.1. The average Bonchev–Trinajstić information content (AvgIpc) is 3.35. The summed E-state index contributed by atoms with van der Waals surface area (Å²) in [5.74, 6) is -0.963. The van der Waals surface area contributed by atoms with Crippen LogP contribution in [0.2, 0.25) is 0 Å². The monoisotopic (exact) mass is 961 g/mol. The normalized spacial score (nSPS) is 12.7. The van der Waals surface area contributed by atoms with E-state index in [9.17, 15) is 14.4 Å². The van der Waals surface area contributed by atoms with Gasteiger partial charge in [-0.15, -0.1) is 0 Å². The third-order valence-corrected chi connectivity index (χ3v) is 12.3. The van der Waals surface area contributed by atoms with E-state index in [2.05, 4.69) is 106 Å². The maximum Gasteiger partial charge on any atom is 0.306 e. The Kier molecular flexibility index (Phi) is 54.3. The first-order chi connectivity index (χ1) is 34.0. The van der Waals surface area contributed by atoms with Gasteiger partial charge in [0, 0.05) is 19.3 Å². The van der Waals surface area contributed by atoms with Gasteiger partial charge < -0.3 is 14.2 Å². The van der Waals surface area contributed by atoms with E-state index in [4.69, 9.17) is 14.2 Å². The number of carbonyl (C=O) groups is 3. The van der Waals surface area contributed by atoms with Gasteiger partial charge in [-0.25, -0.2) is 0 Å². The second-order valence-electron chi connectivity index (χ2n) is 19.2. The summed E-state index contributed by atoms with van der Waals surface area (Å²) < 4.78 is 16.8. The lowest BCUT2D eigenvalue weighted by Gasteiger charge is -2.18. The van der Waals surface area contributed by atoms with Crippen molar-refractivity contribution in [2.24, 2.45) is 0 Å². The molecule has 0 bridgehead atoms. The molecule has 0 aromatic rings. The average molecular weight is 962 g/mol. The highest BCUT2D eigenvalue weighted by Gasteiger charge is 2.19. The van der Waals surface area contributed by atoms with E-state index in [1.165, 1.54) is 154 Å². The molecule has 0 N–H and O–H groups in total. The third-order valence-electron chi connectivity index (χ3n) is 12.3. The SMILES string of the molecule is CCCCC/C=C/C/C=C/C/C=C/C/C=C/CCCC(=O)OC[C@@H](COC(=O)CCCCCCCCC/C=C/CCCCCCCC)OC(=O)CCCCCCCCC/C=C/C/C=C/CCCCC. The van der Waals surface area contributed by atoms with Crippen molar-refractivity contribution < 1.29 is 28.6 Å². The number of hydrogen-bond acceptors (Lipinski definition) is 6. The molecule has 0 heterocycles. The summed E-state index contributed by atoms with van der Waals surface area (Å²) in [5, 5.41) is 0. The van der Waals surface area contributed by atoms with Gasteiger partial charge in [-0.1, -0.05) is 228 Å². The summed E-state index contributed by atoms with van der Waals surface area (Å²) in [6.45, 7) is 6.54. The van der Waals surface area contributed by atoms with Crippen LogP contribution in [0.4, 0.5) is 0 Å². The Morgan fingerprint density at radius 1 is 0.290 bits per heavy atom. The minimum Gasteiger partial charge on any atom is -0.462 e. The molecule has 0 unspecified atom stereocenters. The predicted molar refractivity (Wildman–Crippen MR) is 297 cm³/mol. The van der Waals surface area contributed by atoms with Crippen molar-refractivity contribution in [1.29, 1.82) is 0 Å². The van der Waals surface area contributed by atoms with Crippen molar-refractivity contribution >= 4 is 17.9 Å². The van der Waals surface area contributed by atoms with Crippen LogP contribution in [0.3, 0.4) is 0 Å². The van der Waals surface area contributed by atoms with E-state index >= 15 is 0 Å². The topological polar surface area (TPSA) is 78.9 Å². The number of hydrogen-bond donors (Lipinski definition) is 0. The molecule has 0 fully saturated rings. The first kappa shape index (κ1) is 65.6. The fourth-order valence-corrected chi connectivity index (χ4v) is 7.93. The molecule has 0 amide bonds. The molecule has 6 nitrogen and oxygen atoms in total. The zero-order valence-corrected chi connectivity index (χ0v) is 45.3. The molecule has 396 valence electrons. The third kappa shape index (κ3) is 55.4. The van der Waals surface area contributed by atoms with Gasteiger partial charge in [0.25, 0.3) is 0 Å². The van der Waals surface area contributed by atoms with Crippen molar-refractivity contribution in [2.45, 2.75) is 284 Å². The van der Waals surface area contributed by atoms with Crippen molar-refractivity contribution in [3.8, 4) is 0 Å². The number of allylic oxidation sites excluding steroid dienone is 14. The highest BCUT2D eigenvalue weighted by molar-refractivity contribution is 5.71.